The van der Waals surface area contributed by atoms with E-state index in [4.69, 9.17) is 4.42 Å². The van der Waals surface area contributed by atoms with Gasteiger partial charge in [0.1, 0.15) is 5.58 Å². The Kier molecular flexibility index (Phi) is 5.22. The third-order valence-electron chi connectivity index (χ3n) is 6.15. The SMILES string of the molecule is CC1CCN(C(=O)c2cc3cc(S(=O)(=O)N4CCC(C)CC4)ccc3o2)CC1. The minimum Gasteiger partial charge on any atom is -0.451 e. The Labute approximate surface area is 166 Å². The predicted molar refractivity (Wildman–Crippen MR) is 108 cm³/mol. The maximum absolute atomic E-state index is 13.0. The number of piperidine rings is 2. The van der Waals surface area contributed by atoms with Gasteiger partial charge in [0.25, 0.3) is 5.91 Å². The molecule has 2 aliphatic heterocycles. The van der Waals surface area contributed by atoms with Gasteiger partial charge in [0.2, 0.25) is 10.0 Å². The van der Waals surface area contributed by atoms with Crippen molar-refractivity contribution in [1.82, 2.24) is 9.21 Å². The van der Waals surface area contributed by atoms with Crippen LogP contribution in [0, 0.1) is 11.8 Å². The Morgan fingerprint density at radius 3 is 2.21 bits per heavy atom. The van der Waals surface area contributed by atoms with Crippen molar-refractivity contribution in [3.8, 4) is 0 Å². The third-order valence-corrected chi connectivity index (χ3v) is 8.04. The number of nitrogens with zero attached hydrogens (tertiary/aromatic N) is 2. The van der Waals surface area contributed by atoms with Crippen LogP contribution in [0.25, 0.3) is 11.0 Å². The lowest BCUT2D eigenvalue weighted by Crippen LogP contribution is -2.37. The van der Waals surface area contributed by atoms with Crippen LogP contribution in [0.1, 0.15) is 50.1 Å². The fourth-order valence-corrected chi connectivity index (χ4v) is 5.53. The van der Waals surface area contributed by atoms with E-state index in [0.29, 0.717) is 35.9 Å². The van der Waals surface area contributed by atoms with Gasteiger partial charge in [0.05, 0.1) is 4.90 Å². The van der Waals surface area contributed by atoms with Crippen LogP contribution in [0.5, 0.6) is 0 Å². The van der Waals surface area contributed by atoms with Gasteiger partial charge in [-0.15, -0.1) is 0 Å². The lowest BCUT2D eigenvalue weighted by molar-refractivity contribution is 0.0667. The molecule has 2 aliphatic rings. The van der Waals surface area contributed by atoms with Crippen molar-refractivity contribution < 1.29 is 17.6 Å². The number of furan rings is 1. The highest BCUT2D eigenvalue weighted by atomic mass is 32.2. The van der Waals surface area contributed by atoms with Crippen LogP contribution in [-0.4, -0.2) is 49.7 Å². The van der Waals surface area contributed by atoms with Crippen LogP contribution in [0.2, 0.25) is 0 Å². The number of carbonyl (C=O) groups excluding carboxylic acids is 1. The number of carbonyl (C=O) groups is 1. The molecule has 0 radical (unpaired) electrons. The second-order valence-electron chi connectivity index (χ2n) is 8.37. The molecule has 152 valence electrons. The van der Waals surface area contributed by atoms with E-state index < -0.39 is 10.0 Å². The van der Waals surface area contributed by atoms with Gasteiger partial charge in [-0.05, 0) is 61.8 Å². The smallest absolute Gasteiger partial charge is 0.289 e. The molecule has 2 aromatic rings. The van der Waals surface area contributed by atoms with E-state index in [9.17, 15) is 13.2 Å². The molecular formula is C21H28N2O4S. The molecular weight excluding hydrogens is 376 g/mol. The molecule has 0 atom stereocenters. The summed E-state index contributed by atoms with van der Waals surface area (Å²) in [4.78, 5) is 14.8. The molecule has 2 fully saturated rings. The quantitative estimate of drug-likeness (QED) is 0.782. The van der Waals surface area contributed by atoms with E-state index in [-0.39, 0.29) is 16.6 Å². The van der Waals surface area contributed by atoms with E-state index in [2.05, 4.69) is 13.8 Å². The molecule has 4 rings (SSSR count). The lowest BCUT2D eigenvalue weighted by Gasteiger charge is -2.29. The average molecular weight is 405 g/mol. The summed E-state index contributed by atoms with van der Waals surface area (Å²) in [5.41, 5.74) is 0.542. The fraction of sp³-hybridized carbons (Fsp3) is 0.571. The van der Waals surface area contributed by atoms with E-state index in [1.807, 2.05) is 4.90 Å². The summed E-state index contributed by atoms with van der Waals surface area (Å²) in [6.07, 6.45) is 3.78. The molecule has 0 aliphatic carbocycles. The van der Waals surface area contributed by atoms with Crippen LogP contribution in [-0.2, 0) is 10.0 Å². The van der Waals surface area contributed by atoms with Gasteiger partial charge in [0.15, 0.2) is 5.76 Å². The van der Waals surface area contributed by atoms with Gasteiger partial charge >= 0.3 is 0 Å². The highest BCUT2D eigenvalue weighted by Gasteiger charge is 2.29. The van der Waals surface area contributed by atoms with Crippen molar-refractivity contribution in [1.29, 1.82) is 0 Å². The van der Waals surface area contributed by atoms with Gasteiger partial charge in [-0.1, -0.05) is 13.8 Å². The first-order valence-electron chi connectivity index (χ1n) is 10.2. The normalized spacial score (nSPS) is 20.7. The lowest BCUT2D eigenvalue weighted by atomic mass is 9.99. The number of benzene rings is 1. The van der Waals surface area contributed by atoms with Crippen molar-refractivity contribution in [3.05, 3.63) is 30.0 Å². The largest absolute Gasteiger partial charge is 0.451 e. The van der Waals surface area contributed by atoms with Crippen molar-refractivity contribution in [2.45, 2.75) is 44.4 Å². The maximum Gasteiger partial charge on any atom is 0.289 e. The summed E-state index contributed by atoms with van der Waals surface area (Å²) in [5, 5.41) is 0.653. The number of sulfonamides is 1. The second-order valence-corrected chi connectivity index (χ2v) is 10.3. The molecule has 0 bridgehead atoms. The molecule has 0 spiro atoms. The molecule has 0 N–H and O–H groups in total. The monoisotopic (exact) mass is 404 g/mol. The summed E-state index contributed by atoms with van der Waals surface area (Å²) in [6.45, 7) is 6.96. The van der Waals surface area contributed by atoms with Gasteiger partial charge in [-0.3, -0.25) is 4.79 Å². The summed E-state index contributed by atoms with van der Waals surface area (Å²) < 4.78 is 33.3. The van der Waals surface area contributed by atoms with Crippen LogP contribution < -0.4 is 0 Å². The van der Waals surface area contributed by atoms with Gasteiger partial charge in [-0.25, -0.2) is 8.42 Å². The Hall–Kier alpha value is -1.86. The number of amides is 1. The minimum absolute atomic E-state index is 0.113. The molecule has 6 nitrogen and oxygen atoms in total. The van der Waals surface area contributed by atoms with Crippen molar-refractivity contribution >= 4 is 26.9 Å². The Morgan fingerprint density at radius 2 is 1.57 bits per heavy atom. The van der Waals surface area contributed by atoms with Crippen molar-refractivity contribution in [3.63, 3.8) is 0 Å². The van der Waals surface area contributed by atoms with Gasteiger partial charge in [-0.2, -0.15) is 4.31 Å². The van der Waals surface area contributed by atoms with E-state index >= 15 is 0 Å². The molecule has 0 unspecified atom stereocenters. The molecule has 7 heteroatoms. The van der Waals surface area contributed by atoms with E-state index in [1.54, 1.807) is 28.6 Å². The molecule has 0 saturated carbocycles. The fourth-order valence-electron chi connectivity index (χ4n) is 4.03. The standard InChI is InChI=1S/C21H28N2O4S/c1-15-5-9-22(10-6-15)21(24)20-14-17-13-18(3-4-19(17)27-20)28(25,26)23-11-7-16(2)8-12-23/h3-4,13-16H,5-12H2,1-2H3. The molecule has 2 saturated heterocycles. The van der Waals surface area contributed by atoms with Crippen LogP contribution in [0.3, 0.4) is 0 Å². The van der Waals surface area contributed by atoms with Crippen LogP contribution >= 0.6 is 0 Å². The summed E-state index contributed by atoms with van der Waals surface area (Å²) >= 11 is 0. The minimum atomic E-state index is -3.52. The first-order valence-corrected chi connectivity index (χ1v) is 11.6. The van der Waals surface area contributed by atoms with Crippen molar-refractivity contribution in [2.24, 2.45) is 11.8 Å². The number of rotatable bonds is 3. The molecule has 1 aromatic carbocycles. The second kappa shape index (κ2) is 7.52. The topological polar surface area (TPSA) is 70.8 Å². The molecule has 1 aromatic heterocycles. The van der Waals surface area contributed by atoms with E-state index in [0.717, 1.165) is 38.8 Å². The summed E-state index contributed by atoms with van der Waals surface area (Å²) in [5.74, 6) is 1.38. The van der Waals surface area contributed by atoms with Crippen molar-refractivity contribution in [2.75, 3.05) is 26.2 Å². The van der Waals surface area contributed by atoms with E-state index in [1.165, 1.54) is 0 Å². The number of likely N-dealkylation sites (tertiary alicyclic amines) is 1. The zero-order valence-corrected chi connectivity index (χ0v) is 17.4. The van der Waals surface area contributed by atoms with Gasteiger partial charge < -0.3 is 9.32 Å². The average Bonchev–Trinajstić information content (AvgIpc) is 3.12. The van der Waals surface area contributed by atoms with Gasteiger partial charge in [0, 0.05) is 31.6 Å². The Bertz CT molecular complexity index is 965. The maximum atomic E-state index is 13.0. The first-order chi connectivity index (χ1) is 13.3. The van der Waals surface area contributed by atoms with Crippen LogP contribution in [0.4, 0.5) is 0 Å². The first kappa shape index (κ1) is 19.5. The zero-order valence-electron chi connectivity index (χ0n) is 16.6. The molecule has 28 heavy (non-hydrogen) atoms. The summed E-state index contributed by atoms with van der Waals surface area (Å²) in [7, 11) is -3.52. The summed E-state index contributed by atoms with van der Waals surface area (Å²) in [6, 6.07) is 6.54. The predicted octanol–water partition coefficient (Wildman–Crippen LogP) is 3.73. The molecule has 3 heterocycles. The Balaban J connectivity index is 1.57. The Morgan fingerprint density at radius 1 is 0.964 bits per heavy atom. The number of hydrogen-bond donors (Lipinski definition) is 0. The highest BCUT2D eigenvalue weighted by Crippen LogP contribution is 2.28. The zero-order chi connectivity index (χ0) is 19.9. The molecule has 1 amide bonds. The van der Waals surface area contributed by atoms with Crippen LogP contribution in [0.15, 0.2) is 33.6 Å². The highest BCUT2D eigenvalue weighted by molar-refractivity contribution is 7.89. The number of fused-ring (bicyclic) bond motifs is 1. The number of hydrogen-bond acceptors (Lipinski definition) is 4. The third kappa shape index (κ3) is 3.70.